The average Bonchev–Trinajstić information content (AvgIpc) is 2.39. The highest BCUT2D eigenvalue weighted by Gasteiger charge is 2.01. The van der Waals surface area contributed by atoms with Gasteiger partial charge < -0.3 is 4.74 Å². The fourth-order valence-corrected chi connectivity index (χ4v) is 2.00. The van der Waals surface area contributed by atoms with E-state index in [4.69, 9.17) is 4.74 Å². The first kappa shape index (κ1) is 12.2. The molecule has 0 amide bonds. The van der Waals surface area contributed by atoms with Crippen LogP contribution in [0.5, 0.6) is 5.75 Å². The van der Waals surface area contributed by atoms with Crippen LogP contribution >= 0.6 is 12.6 Å². The summed E-state index contributed by atoms with van der Waals surface area (Å²) < 4.78 is 5.80. The monoisotopic (exact) mass is 247 g/mol. The first-order chi connectivity index (χ1) is 8.42. The van der Waals surface area contributed by atoms with Gasteiger partial charge in [-0.2, -0.15) is 12.6 Å². The lowest BCUT2D eigenvalue weighted by Gasteiger charge is -2.08. The number of hydrogen-bond acceptors (Lipinski definition) is 3. The van der Waals surface area contributed by atoms with Crippen LogP contribution in [-0.4, -0.2) is 17.3 Å². The minimum atomic E-state index is 0.766. The van der Waals surface area contributed by atoms with Crippen LogP contribution in [0.15, 0.2) is 36.5 Å². The summed E-state index contributed by atoms with van der Waals surface area (Å²) in [5.74, 6) is 1.89. The quantitative estimate of drug-likeness (QED) is 0.621. The Morgan fingerprint density at radius 1 is 1.06 bits per heavy atom. The number of ether oxygens (including phenoxy) is 1. The maximum Gasteiger partial charge on any atom is 0.128 e. The highest BCUT2D eigenvalue weighted by molar-refractivity contribution is 7.80. The third-order valence-corrected chi connectivity index (χ3v) is 2.98. The van der Waals surface area contributed by atoms with E-state index in [0.717, 1.165) is 41.9 Å². The number of pyridine rings is 1. The molecule has 0 N–H and O–H groups in total. The molecule has 2 aromatic rings. The second kappa shape index (κ2) is 6.50. The van der Waals surface area contributed by atoms with E-state index in [-0.39, 0.29) is 0 Å². The number of unbranched alkanes of at least 4 members (excludes halogenated alkanes) is 2. The normalized spacial score (nSPS) is 10.6. The predicted molar refractivity (Wildman–Crippen MR) is 74.9 cm³/mol. The molecule has 0 spiro atoms. The molecule has 0 radical (unpaired) electrons. The lowest BCUT2D eigenvalue weighted by molar-refractivity contribution is 0.310. The van der Waals surface area contributed by atoms with Crippen LogP contribution < -0.4 is 4.74 Å². The van der Waals surface area contributed by atoms with Gasteiger partial charge in [0.1, 0.15) is 5.75 Å². The molecule has 0 atom stereocenters. The molecule has 1 aromatic heterocycles. The van der Waals surface area contributed by atoms with Crippen LogP contribution in [0.25, 0.3) is 10.9 Å². The van der Waals surface area contributed by atoms with Crippen LogP contribution in [0.4, 0.5) is 0 Å². The van der Waals surface area contributed by atoms with Gasteiger partial charge in [0.2, 0.25) is 0 Å². The first-order valence-corrected chi connectivity index (χ1v) is 6.62. The Morgan fingerprint density at radius 2 is 2.00 bits per heavy atom. The second-order valence-corrected chi connectivity index (χ2v) is 4.41. The van der Waals surface area contributed by atoms with Gasteiger partial charge in [0, 0.05) is 11.6 Å². The molecular weight excluding hydrogens is 230 g/mol. The lowest BCUT2D eigenvalue weighted by atomic mass is 10.2. The van der Waals surface area contributed by atoms with Gasteiger partial charge >= 0.3 is 0 Å². The van der Waals surface area contributed by atoms with E-state index in [9.17, 15) is 0 Å². The number of nitrogens with zero attached hydrogens (tertiary/aromatic N) is 1. The number of thiol groups is 1. The Morgan fingerprint density at radius 3 is 2.88 bits per heavy atom. The van der Waals surface area contributed by atoms with E-state index >= 15 is 0 Å². The molecule has 0 saturated carbocycles. The molecule has 0 aliphatic rings. The Hall–Kier alpha value is -1.22. The zero-order valence-corrected chi connectivity index (χ0v) is 10.7. The van der Waals surface area contributed by atoms with Crippen molar-refractivity contribution in [3.05, 3.63) is 36.5 Å². The zero-order chi connectivity index (χ0) is 11.9. The van der Waals surface area contributed by atoms with Crippen molar-refractivity contribution in [1.82, 2.24) is 4.98 Å². The molecule has 3 heteroatoms. The maximum atomic E-state index is 5.80. The molecule has 1 aromatic carbocycles. The molecular formula is C14H17NOS. The molecule has 0 bridgehead atoms. The van der Waals surface area contributed by atoms with E-state index < -0.39 is 0 Å². The average molecular weight is 247 g/mol. The van der Waals surface area contributed by atoms with Crippen LogP contribution in [0.3, 0.4) is 0 Å². The summed E-state index contributed by atoms with van der Waals surface area (Å²) in [4.78, 5) is 4.31. The van der Waals surface area contributed by atoms with Crippen LogP contribution in [-0.2, 0) is 0 Å². The van der Waals surface area contributed by atoms with Gasteiger partial charge in [-0.05, 0) is 49.3 Å². The second-order valence-electron chi connectivity index (χ2n) is 3.96. The van der Waals surface area contributed by atoms with Gasteiger partial charge in [-0.15, -0.1) is 0 Å². The smallest absolute Gasteiger partial charge is 0.128 e. The standard InChI is InChI=1S/C14H17NOS/c17-11-3-1-2-10-16-14-8-4-7-13-12(14)6-5-9-15-13/h4-9,17H,1-3,10-11H2. The Bertz CT molecular complexity index is 467. The molecule has 2 nitrogen and oxygen atoms in total. The highest BCUT2D eigenvalue weighted by atomic mass is 32.1. The van der Waals surface area contributed by atoms with E-state index in [1.807, 2.05) is 30.3 Å². The minimum Gasteiger partial charge on any atom is -0.493 e. The van der Waals surface area contributed by atoms with E-state index in [1.54, 1.807) is 6.20 Å². The molecule has 0 fully saturated rings. The van der Waals surface area contributed by atoms with Gasteiger partial charge in [0.05, 0.1) is 12.1 Å². The van der Waals surface area contributed by atoms with Crippen molar-refractivity contribution in [3.63, 3.8) is 0 Å². The molecule has 90 valence electrons. The fraction of sp³-hybridized carbons (Fsp3) is 0.357. The van der Waals surface area contributed by atoms with Crippen LogP contribution in [0.1, 0.15) is 19.3 Å². The Labute approximate surface area is 107 Å². The molecule has 1 heterocycles. The Balaban J connectivity index is 1.98. The molecule has 0 aliphatic carbocycles. The summed E-state index contributed by atoms with van der Waals surface area (Å²) >= 11 is 4.19. The Kier molecular flexibility index (Phi) is 4.68. The van der Waals surface area contributed by atoms with Crippen LogP contribution in [0, 0.1) is 0 Å². The summed E-state index contributed by atoms with van der Waals surface area (Å²) in [6, 6.07) is 9.98. The predicted octanol–water partition coefficient (Wildman–Crippen LogP) is 3.71. The SMILES string of the molecule is SCCCCCOc1cccc2ncccc12. The topological polar surface area (TPSA) is 22.1 Å². The summed E-state index contributed by atoms with van der Waals surface area (Å²) in [7, 11) is 0. The summed E-state index contributed by atoms with van der Waals surface area (Å²) in [5, 5.41) is 1.09. The number of hydrogen-bond donors (Lipinski definition) is 1. The molecule has 0 aliphatic heterocycles. The number of rotatable bonds is 6. The summed E-state index contributed by atoms with van der Waals surface area (Å²) in [6.45, 7) is 0.766. The maximum absolute atomic E-state index is 5.80. The molecule has 2 rings (SSSR count). The number of fused-ring (bicyclic) bond motifs is 1. The van der Waals surface area contributed by atoms with E-state index in [2.05, 4.69) is 17.6 Å². The minimum absolute atomic E-state index is 0.766. The van der Waals surface area contributed by atoms with Gasteiger partial charge in [-0.3, -0.25) is 4.98 Å². The first-order valence-electron chi connectivity index (χ1n) is 5.99. The summed E-state index contributed by atoms with van der Waals surface area (Å²) in [6.07, 6.45) is 5.21. The fourth-order valence-electron chi connectivity index (χ4n) is 1.77. The van der Waals surface area contributed by atoms with Gasteiger partial charge in [-0.1, -0.05) is 6.07 Å². The van der Waals surface area contributed by atoms with Crippen molar-refractivity contribution >= 4 is 23.5 Å². The number of aromatic nitrogens is 1. The van der Waals surface area contributed by atoms with Crippen molar-refractivity contribution in [3.8, 4) is 5.75 Å². The third-order valence-electron chi connectivity index (χ3n) is 2.67. The molecule has 0 saturated heterocycles. The number of benzene rings is 1. The van der Waals surface area contributed by atoms with Gasteiger partial charge in [0.15, 0.2) is 0 Å². The van der Waals surface area contributed by atoms with E-state index in [0.29, 0.717) is 0 Å². The molecule has 0 unspecified atom stereocenters. The van der Waals surface area contributed by atoms with Crippen molar-refractivity contribution in [2.24, 2.45) is 0 Å². The molecule has 17 heavy (non-hydrogen) atoms. The van der Waals surface area contributed by atoms with Crippen LogP contribution in [0.2, 0.25) is 0 Å². The summed E-state index contributed by atoms with van der Waals surface area (Å²) in [5.41, 5.74) is 0.986. The zero-order valence-electron chi connectivity index (χ0n) is 9.80. The van der Waals surface area contributed by atoms with Gasteiger partial charge in [0.25, 0.3) is 0 Å². The lowest BCUT2D eigenvalue weighted by Crippen LogP contribution is -1.98. The highest BCUT2D eigenvalue weighted by Crippen LogP contribution is 2.23. The van der Waals surface area contributed by atoms with E-state index in [1.165, 1.54) is 6.42 Å². The van der Waals surface area contributed by atoms with Crippen molar-refractivity contribution in [2.75, 3.05) is 12.4 Å². The van der Waals surface area contributed by atoms with Crippen molar-refractivity contribution in [1.29, 1.82) is 0 Å². The van der Waals surface area contributed by atoms with Gasteiger partial charge in [-0.25, -0.2) is 0 Å². The van der Waals surface area contributed by atoms with Crippen molar-refractivity contribution in [2.45, 2.75) is 19.3 Å². The third kappa shape index (κ3) is 3.37. The van der Waals surface area contributed by atoms with Crippen molar-refractivity contribution < 1.29 is 4.74 Å². The largest absolute Gasteiger partial charge is 0.493 e.